The molecule has 0 fully saturated rings. The van der Waals surface area contributed by atoms with Gasteiger partial charge in [0.05, 0.1) is 22.9 Å². The Morgan fingerprint density at radius 2 is 1.96 bits per heavy atom. The Balaban J connectivity index is 2.08. The van der Waals surface area contributed by atoms with Gasteiger partial charge in [-0.2, -0.15) is 5.10 Å². The smallest absolute Gasteiger partial charge is 0.272 e. The van der Waals surface area contributed by atoms with Crippen LogP contribution in [0.25, 0.3) is 0 Å². The summed E-state index contributed by atoms with van der Waals surface area (Å²) in [6.45, 7) is 3.89. The highest BCUT2D eigenvalue weighted by Crippen LogP contribution is 2.21. The first-order valence-electron chi connectivity index (χ1n) is 7.01. The Hall–Kier alpha value is -2.04. The van der Waals surface area contributed by atoms with E-state index in [9.17, 15) is 4.79 Å². The third-order valence-electron chi connectivity index (χ3n) is 2.83. The average Bonchev–Trinajstić information content (AvgIpc) is 2.48. The van der Waals surface area contributed by atoms with Crippen molar-refractivity contribution in [3.63, 3.8) is 0 Å². The number of halogens is 2. The quantitative estimate of drug-likeness (QED) is 0.635. The molecule has 2 rings (SSSR count). The van der Waals surface area contributed by atoms with Crippen LogP contribution in [-0.2, 0) is 0 Å². The van der Waals surface area contributed by atoms with E-state index in [4.69, 9.17) is 27.9 Å². The lowest BCUT2D eigenvalue weighted by Gasteiger charge is -2.11. The summed E-state index contributed by atoms with van der Waals surface area (Å²) in [5.41, 5.74) is 3.51. The van der Waals surface area contributed by atoms with Gasteiger partial charge in [-0.25, -0.2) is 5.43 Å². The van der Waals surface area contributed by atoms with E-state index in [-0.39, 0.29) is 11.1 Å². The van der Waals surface area contributed by atoms with Crippen molar-refractivity contribution in [3.05, 3.63) is 63.6 Å². The Bertz CT molecular complexity index is 730. The van der Waals surface area contributed by atoms with Gasteiger partial charge in [-0.05, 0) is 44.2 Å². The molecule has 0 aliphatic carbocycles. The zero-order chi connectivity index (χ0) is 16.8. The van der Waals surface area contributed by atoms with Gasteiger partial charge < -0.3 is 4.74 Å². The molecular formula is C17H16Cl2N2O2. The topological polar surface area (TPSA) is 50.7 Å². The molecule has 0 spiro atoms. The van der Waals surface area contributed by atoms with Crippen LogP contribution < -0.4 is 10.2 Å². The minimum atomic E-state index is -0.412. The van der Waals surface area contributed by atoms with Crippen LogP contribution >= 0.6 is 23.2 Å². The fourth-order valence-electron chi connectivity index (χ4n) is 1.84. The number of carbonyl (C=O) groups excluding carboxylic acids is 1. The number of amides is 1. The van der Waals surface area contributed by atoms with Gasteiger partial charge in [0.1, 0.15) is 5.75 Å². The molecule has 0 aliphatic rings. The average molecular weight is 351 g/mol. The van der Waals surface area contributed by atoms with Crippen molar-refractivity contribution >= 4 is 35.3 Å². The van der Waals surface area contributed by atoms with Crippen LogP contribution in [0, 0.1) is 0 Å². The number of hydrazone groups is 1. The second-order valence-electron chi connectivity index (χ2n) is 5.03. The summed E-state index contributed by atoms with van der Waals surface area (Å²) in [5, 5.41) is 4.69. The van der Waals surface area contributed by atoms with Crippen LogP contribution in [0.3, 0.4) is 0 Å². The monoisotopic (exact) mass is 350 g/mol. The van der Waals surface area contributed by atoms with Crippen molar-refractivity contribution in [3.8, 4) is 5.75 Å². The van der Waals surface area contributed by atoms with E-state index < -0.39 is 5.91 Å². The van der Waals surface area contributed by atoms with E-state index in [2.05, 4.69) is 10.5 Å². The predicted molar refractivity (Wildman–Crippen MR) is 93.7 cm³/mol. The van der Waals surface area contributed by atoms with E-state index in [0.717, 1.165) is 5.56 Å². The summed E-state index contributed by atoms with van der Waals surface area (Å²) in [7, 11) is 0. The number of nitrogens with one attached hydrogen (secondary N) is 1. The van der Waals surface area contributed by atoms with Gasteiger partial charge in [-0.15, -0.1) is 0 Å². The molecule has 1 N–H and O–H groups in total. The number of hydrogen-bond donors (Lipinski definition) is 1. The van der Waals surface area contributed by atoms with Crippen LogP contribution in [0.1, 0.15) is 29.8 Å². The highest BCUT2D eigenvalue weighted by atomic mass is 35.5. The van der Waals surface area contributed by atoms with E-state index in [1.54, 1.807) is 12.1 Å². The largest absolute Gasteiger partial charge is 0.490 e. The molecule has 0 heterocycles. The van der Waals surface area contributed by atoms with Crippen LogP contribution in [-0.4, -0.2) is 18.2 Å². The van der Waals surface area contributed by atoms with Crippen molar-refractivity contribution in [2.45, 2.75) is 20.0 Å². The maximum absolute atomic E-state index is 12.0. The molecule has 4 nitrogen and oxygen atoms in total. The zero-order valence-corrected chi connectivity index (χ0v) is 14.2. The van der Waals surface area contributed by atoms with Crippen molar-refractivity contribution in [2.24, 2.45) is 5.10 Å². The summed E-state index contributed by atoms with van der Waals surface area (Å²) in [6, 6.07) is 12.1. The Kier molecular flexibility index (Phi) is 6.02. The lowest BCUT2D eigenvalue weighted by atomic mass is 10.2. The second-order valence-corrected chi connectivity index (χ2v) is 5.87. The third-order valence-corrected chi connectivity index (χ3v) is 3.37. The van der Waals surface area contributed by atoms with Gasteiger partial charge in [-0.3, -0.25) is 4.79 Å². The molecule has 0 aliphatic heterocycles. The molecule has 0 saturated heterocycles. The number of rotatable bonds is 5. The summed E-state index contributed by atoms with van der Waals surface area (Å²) < 4.78 is 5.68. The standard InChI is InChI=1S/C17H16Cl2N2O2/c1-11(2)23-16-6-4-3-5-12(16)10-20-21-17(22)14-8-7-13(18)9-15(14)19/h3-11H,1-2H3,(H,21,22)/b20-10+. The molecule has 0 radical (unpaired) electrons. The summed E-state index contributed by atoms with van der Waals surface area (Å²) >= 11 is 11.8. The SMILES string of the molecule is CC(C)Oc1ccccc1/C=N/NC(=O)c1ccc(Cl)cc1Cl. The molecule has 0 saturated carbocycles. The minimum absolute atomic E-state index is 0.0482. The summed E-state index contributed by atoms with van der Waals surface area (Å²) in [4.78, 5) is 12.0. The van der Waals surface area contributed by atoms with E-state index in [1.165, 1.54) is 12.3 Å². The highest BCUT2D eigenvalue weighted by molar-refractivity contribution is 6.36. The first kappa shape index (κ1) is 17.3. The number of ether oxygens (including phenoxy) is 1. The molecule has 2 aromatic rings. The van der Waals surface area contributed by atoms with Gasteiger partial charge in [0.25, 0.3) is 5.91 Å². The van der Waals surface area contributed by atoms with Crippen LogP contribution in [0.15, 0.2) is 47.6 Å². The highest BCUT2D eigenvalue weighted by Gasteiger charge is 2.10. The molecule has 6 heteroatoms. The maximum Gasteiger partial charge on any atom is 0.272 e. The van der Waals surface area contributed by atoms with Crippen molar-refractivity contribution < 1.29 is 9.53 Å². The Morgan fingerprint density at radius 3 is 2.65 bits per heavy atom. The van der Waals surface area contributed by atoms with Crippen LogP contribution in [0.5, 0.6) is 5.75 Å². The summed E-state index contributed by atoms with van der Waals surface area (Å²) in [5.74, 6) is 0.287. The van der Waals surface area contributed by atoms with E-state index in [1.807, 2.05) is 38.1 Å². The first-order valence-corrected chi connectivity index (χ1v) is 7.77. The van der Waals surface area contributed by atoms with Gasteiger partial charge in [-0.1, -0.05) is 35.3 Å². The fraction of sp³-hybridized carbons (Fsp3) is 0.176. The molecular weight excluding hydrogens is 335 g/mol. The molecule has 0 aromatic heterocycles. The van der Waals surface area contributed by atoms with Gasteiger partial charge in [0.15, 0.2) is 0 Å². The molecule has 0 unspecified atom stereocenters. The first-order chi connectivity index (χ1) is 11.0. The molecule has 2 aromatic carbocycles. The molecule has 0 bridgehead atoms. The van der Waals surface area contributed by atoms with E-state index >= 15 is 0 Å². The van der Waals surface area contributed by atoms with Gasteiger partial charge in [0, 0.05) is 10.6 Å². The number of hydrogen-bond acceptors (Lipinski definition) is 3. The third kappa shape index (κ3) is 4.98. The Morgan fingerprint density at radius 1 is 1.22 bits per heavy atom. The fourth-order valence-corrected chi connectivity index (χ4v) is 2.34. The molecule has 0 atom stereocenters. The maximum atomic E-state index is 12.0. The number of nitrogens with zero attached hydrogens (tertiary/aromatic N) is 1. The van der Waals surface area contributed by atoms with E-state index in [0.29, 0.717) is 16.3 Å². The van der Waals surface area contributed by atoms with Gasteiger partial charge >= 0.3 is 0 Å². The van der Waals surface area contributed by atoms with Crippen LogP contribution in [0.4, 0.5) is 0 Å². The van der Waals surface area contributed by atoms with Gasteiger partial charge in [0.2, 0.25) is 0 Å². The summed E-state index contributed by atoms with van der Waals surface area (Å²) in [6.07, 6.45) is 1.58. The number of benzene rings is 2. The Labute approximate surface area is 145 Å². The number of carbonyl (C=O) groups is 1. The lowest BCUT2D eigenvalue weighted by Crippen LogP contribution is -2.18. The normalized spacial score (nSPS) is 11.0. The molecule has 23 heavy (non-hydrogen) atoms. The van der Waals surface area contributed by atoms with Crippen molar-refractivity contribution in [1.82, 2.24) is 5.43 Å². The van der Waals surface area contributed by atoms with Crippen molar-refractivity contribution in [1.29, 1.82) is 0 Å². The number of para-hydroxylation sites is 1. The van der Waals surface area contributed by atoms with Crippen molar-refractivity contribution in [2.75, 3.05) is 0 Å². The van der Waals surface area contributed by atoms with Crippen LogP contribution in [0.2, 0.25) is 10.0 Å². The predicted octanol–water partition coefficient (Wildman–Crippen LogP) is 4.54. The molecule has 120 valence electrons. The molecule has 1 amide bonds. The minimum Gasteiger partial charge on any atom is -0.490 e. The zero-order valence-electron chi connectivity index (χ0n) is 12.7. The lowest BCUT2D eigenvalue weighted by molar-refractivity contribution is 0.0955. The second kappa shape index (κ2) is 7.99.